The molecule has 7 rings (SSSR count). The minimum absolute atomic E-state index is 0.132. The van der Waals surface area contributed by atoms with Crippen molar-refractivity contribution < 1.29 is 14.5 Å². The average Bonchev–Trinajstić information content (AvgIpc) is 3.06. The zero-order chi connectivity index (χ0) is 31.1. The molecular weight excluding hydrogens is 574 g/mol. The van der Waals surface area contributed by atoms with E-state index in [1.54, 1.807) is 18.3 Å². The number of aromatic nitrogens is 2. The topological polar surface area (TPSA) is 134 Å². The summed E-state index contributed by atoms with van der Waals surface area (Å²) in [5.74, 6) is -0.793. The van der Waals surface area contributed by atoms with Gasteiger partial charge in [-0.25, -0.2) is 4.68 Å². The monoisotopic (exact) mass is 613 g/mol. The number of nitrogens with one attached hydrogen (secondary N) is 1. The van der Waals surface area contributed by atoms with Gasteiger partial charge >= 0.3 is 0 Å². The van der Waals surface area contributed by atoms with E-state index in [4.69, 9.17) is 0 Å². The number of anilines is 2. The molecule has 4 fully saturated rings. The number of piperidine rings is 2. The van der Waals surface area contributed by atoms with Crippen molar-refractivity contribution in [2.45, 2.75) is 63.5 Å². The number of rotatable bonds is 5. The number of carbonyl (C=O) groups excluding carboxylic acids is 2. The molecule has 2 aromatic carbocycles. The van der Waals surface area contributed by atoms with Crippen LogP contribution in [0.1, 0.15) is 57.4 Å². The van der Waals surface area contributed by atoms with E-state index in [9.17, 15) is 24.5 Å². The number of hydrogen-bond donors (Lipinski definition) is 1. The lowest BCUT2D eigenvalue weighted by molar-refractivity contribution is -0.384. The Bertz CT molecular complexity index is 1660. The van der Waals surface area contributed by atoms with Crippen molar-refractivity contribution in [3.8, 4) is 0 Å². The molecule has 3 aliphatic heterocycles. The molecule has 3 saturated heterocycles. The van der Waals surface area contributed by atoms with Crippen LogP contribution in [0.5, 0.6) is 0 Å². The quantitative estimate of drug-likeness (QED) is 0.260. The Kier molecular flexibility index (Phi) is 7.76. The molecule has 1 saturated carbocycles. The van der Waals surface area contributed by atoms with Crippen LogP contribution in [0, 0.1) is 15.5 Å². The lowest BCUT2D eigenvalue weighted by Crippen LogP contribution is -2.52. The molecule has 1 spiro atoms. The van der Waals surface area contributed by atoms with Gasteiger partial charge in [-0.2, -0.15) is 5.10 Å². The van der Waals surface area contributed by atoms with Gasteiger partial charge in [0, 0.05) is 80.6 Å². The second-order valence-corrected chi connectivity index (χ2v) is 13.1. The summed E-state index contributed by atoms with van der Waals surface area (Å²) in [5.41, 5.74) is 2.38. The first-order valence-corrected chi connectivity index (χ1v) is 16.1. The number of nitrogens with zero attached hydrogens (tertiary/aromatic N) is 6. The molecule has 3 aromatic rings. The first kappa shape index (κ1) is 29.4. The lowest BCUT2D eigenvalue weighted by Gasteiger charge is -2.49. The Balaban J connectivity index is 0.921. The molecule has 12 heteroatoms. The van der Waals surface area contributed by atoms with Crippen LogP contribution in [0.15, 0.2) is 53.5 Å². The second-order valence-electron chi connectivity index (χ2n) is 13.1. The van der Waals surface area contributed by atoms with Crippen LogP contribution in [-0.4, -0.2) is 76.7 Å². The first-order valence-electron chi connectivity index (χ1n) is 16.1. The van der Waals surface area contributed by atoms with E-state index >= 15 is 0 Å². The number of fused-ring (bicyclic) bond motifs is 1. The number of nitro groups is 1. The normalized spacial score (nSPS) is 23.0. The Morgan fingerprint density at radius 3 is 2.16 bits per heavy atom. The van der Waals surface area contributed by atoms with E-state index in [0.717, 1.165) is 56.0 Å². The molecule has 1 unspecified atom stereocenters. The molecule has 0 radical (unpaired) electrons. The van der Waals surface area contributed by atoms with E-state index < -0.39 is 11.9 Å². The van der Waals surface area contributed by atoms with E-state index in [2.05, 4.69) is 25.1 Å². The van der Waals surface area contributed by atoms with Crippen molar-refractivity contribution in [3.63, 3.8) is 0 Å². The predicted molar refractivity (Wildman–Crippen MR) is 170 cm³/mol. The van der Waals surface area contributed by atoms with Crippen LogP contribution in [0.4, 0.5) is 17.1 Å². The van der Waals surface area contributed by atoms with Crippen molar-refractivity contribution in [3.05, 3.63) is 69.1 Å². The summed E-state index contributed by atoms with van der Waals surface area (Å²) in [6.07, 6.45) is 9.45. The minimum atomic E-state index is -0.764. The number of imide groups is 1. The van der Waals surface area contributed by atoms with Crippen LogP contribution in [0.25, 0.3) is 10.8 Å². The van der Waals surface area contributed by atoms with Gasteiger partial charge in [0.25, 0.3) is 17.2 Å². The number of non-ortho nitro benzene ring substituents is 1. The highest BCUT2D eigenvalue weighted by Gasteiger charge is 2.40. The Morgan fingerprint density at radius 2 is 1.49 bits per heavy atom. The average molecular weight is 614 g/mol. The fraction of sp³-hybridized carbons (Fsp3) is 0.515. The van der Waals surface area contributed by atoms with Gasteiger partial charge in [-0.05, 0) is 80.7 Å². The van der Waals surface area contributed by atoms with Gasteiger partial charge in [-0.15, -0.1) is 0 Å². The van der Waals surface area contributed by atoms with Gasteiger partial charge in [0.15, 0.2) is 0 Å². The first-order chi connectivity index (χ1) is 21.8. The van der Waals surface area contributed by atoms with Crippen molar-refractivity contribution in [2.24, 2.45) is 5.41 Å². The smallest absolute Gasteiger partial charge is 0.275 e. The van der Waals surface area contributed by atoms with Gasteiger partial charge < -0.3 is 9.80 Å². The highest BCUT2D eigenvalue weighted by atomic mass is 16.6. The molecular formula is C33H39N7O5. The predicted octanol–water partition coefficient (Wildman–Crippen LogP) is 3.63. The van der Waals surface area contributed by atoms with Gasteiger partial charge in [-0.1, -0.05) is 0 Å². The standard InChI is InChI=1S/C33H39N7O5/c41-30-8-7-29(31(42)35-30)39-32(43)28-6-5-27(21-23(28)22-34-39)36-15-13-33(14-16-36)11-9-25(10-12-33)38-19-17-37(18-20-38)24-1-3-26(4-2-24)40(44)45/h1-6,21-22,25,29H,7-20H2,(H,35,41,42). The van der Waals surface area contributed by atoms with Crippen LogP contribution in [-0.2, 0) is 9.59 Å². The van der Waals surface area contributed by atoms with E-state index in [-0.39, 0.29) is 34.9 Å². The van der Waals surface area contributed by atoms with Crippen molar-refractivity contribution in [2.75, 3.05) is 49.1 Å². The maximum absolute atomic E-state index is 13.2. The van der Waals surface area contributed by atoms with Gasteiger partial charge in [0.05, 0.1) is 16.5 Å². The minimum Gasteiger partial charge on any atom is -0.371 e. The molecule has 4 aliphatic rings. The molecule has 1 N–H and O–H groups in total. The lowest BCUT2D eigenvalue weighted by atomic mass is 9.66. The molecule has 12 nitrogen and oxygen atoms in total. The largest absolute Gasteiger partial charge is 0.371 e. The number of amides is 2. The Labute approximate surface area is 261 Å². The van der Waals surface area contributed by atoms with Gasteiger partial charge in [0.1, 0.15) is 6.04 Å². The summed E-state index contributed by atoms with van der Waals surface area (Å²) in [6.45, 7) is 5.92. The fourth-order valence-corrected chi connectivity index (χ4v) is 7.94. The molecule has 0 bridgehead atoms. The summed E-state index contributed by atoms with van der Waals surface area (Å²) in [7, 11) is 0. The van der Waals surface area contributed by atoms with Crippen LogP contribution < -0.4 is 20.7 Å². The second kappa shape index (κ2) is 11.9. The third kappa shape index (κ3) is 5.79. The number of hydrogen-bond acceptors (Lipinski definition) is 9. The van der Waals surface area contributed by atoms with Crippen molar-refractivity contribution in [1.29, 1.82) is 0 Å². The molecule has 236 valence electrons. The maximum atomic E-state index is 13.2. The van der Waals surface area contributed by atoms with Crippen LogP contribution >= 0.6 is 0 Å². The van der Waals surface area contributed by atoms with Crippen molar-refractivity contribution in [1.82, 2.24) is 20.0 Å². The van der Waals surface area contributed by atoms with Gasteiger partial charge in [0.2, 0.25) is 5.91 Å². The molecule has 1 aliphatic carbocycles. The summed E-state index contributed by atoms with van der Waals surface area (Å²) in [4.78, 5) is 55.0. The van der Waals surface area contributed by atoms with Crippen LogP contribution in [0.2, 0.25) is 0 Å². The SMILES string of the molecule is O=C1CCC(n2ncc3cc(N4CCC5(CCC(N6CCN(c7ccc([N+](=O)[O-])cc7)CC6)CC5)CC4)ccc3c2=O)C(=O)N1. The zero-order valence-electron chi connectivity index (χ0n) is 25.4. The molecule has 2 amide bonds. The molecule has 1 aromatic heterocycles. The number of nitro benzene ring substituents is 1. The Morgan fingerprint density at radius 1 is 0.822 bits per heavy atom. The highest BCUT2D eigenvalue weighted by molar-refractivity contribution is 5.99. The third-order valence-electron chi connectivity index (χ3n) is 10.8. The summed E-state index contributed by atoms with van der Waals surface area (Å²) < 4.78 is 1.21. The molecule has 1 atom stereocenters. The molecule has 45 heavy (non-hydrogen) atoms. The third-order valence-corrected chi connectivity index (χ3v) is 10.8. The number of carbonyl (C=O) groups is 2. The van der Waals surface area contributed by atoms with Crippen LogP contribution in [0.3, 0.4) is 0 Å². The fourth-order valence-electron chi connectivity index (χ4n) is 7.94. The molecule has 4 heterocycles. The maximum Gasteiger partial charge on any atom is 0.275 e. The highest BCUT2D eigenvalue weighted by Crippen LogP contribution is 2.46. The van der Waals surface area contributed by atoms with Crippen molar-refractivity contribution >= 4 is 39.6 Å². The number of piperazine rings is 1. The zero-order valence-corrected chi connectivity index (χ0v) is 25.4. The van der Waals surface area contributed by atoms with E-state index in [1.165, 1.54) is 43.2 Å². The Hall–Kier alpha value is -4.32. The summed E-state index contributed by atoms with van der Waals surface area (Å²) >= 11 is 0. The summed E-state index contributed by atoms with van der Waals surface area (Å²) in [5, 5.41) is 18.9. The van der Waals surface area contributed by atoms with E-state index in [1.807, 2.05) is 30.3 Å². The van der Waals surface area contributed by atoms with Gasteiger partial charge in [-0.3, -0.25) is 34.7 Å². The summed E-state index contributed by atoms with van der Waals surface area (Å²) in [6, 6.07) is 12.6. The number of benzene rings is 2. The van der Waals surface area contributed by atoms with E-state index in [0.29, 0.717) is 16.8 Å².